The molecule has 40 heavy (non-hydrogen) atoms. The van der Waals surface area contributed by atoms with Crippen molar-refractivity contribution in [3.63, 3.8) is 0 Å². The summed E-state index contributed by atoms with van der Waals surface area (Å²) in [4.78, 5) is 30.4. The Hall–Kier alpha value is -3.31. The van der Waals surface area contributed by atoms with Crippen molar-refractivity contribution in [1.29, 1.82) is 0 Å². The molecule has 0 saturated heterocycles. The van der Waals surface area contributed by atoms with Gasteiger partial charge >= 0.3 is 6.18 Å². The van der Waals surface area contributed by atoms with Gasteiger partial charge in [0.1, 0.15) is 11.6 Å². The third-order valence-electron chi connectivity index (χ3n) is 6.96. The first-order chi connectivity index (χ1) is 19.0. The van der Waals surface area contributed by atoms with Gasteiger partial charge in [-0.2, -0.15) is 17.6 Å². The number of nitrogens with one attached hydrogen (secondary N) is 2. The fourth-order valence-electron chi connectivity index (χ4n) is 4.72. The van der Waals surface area contributed by atoms with Crippen molar-refractivity contribution >= 4 is 17.5 Å². The first kappa shape index (κ1) is 29.7. The van der Waals surface area contributed by atoms with E-state index in [4.69, 9.17) is 16.3 Å². The lowest BCUT2D eigenvalue weighted by Gasteiger charge is -2.28. The summed E-state index contributed by atoms with van der Waals surface area (Å²) in [7, 11) is 0. The molecule has 0 aliphatic heterocycles. The number of nitrogens with zero attached hydrogens (tertiary/aromatic N) is 1. The van der Waals surface area contributed by atoms with E-state index in [1.54, 1.807) is 6.07 Å². The summed E-state index contributed by atoms with van der Waals surface area (Å²) >= 11 is 6.16. The maximum Gasteiger partial charge on any atom is 0.417 e. The number of H-pyrrole nitrogens is 1. The van der Waals surface area contributed by atoms with Gasteiger partial charge in [0, 0.05) is 23.0 Å². The van der Waals surface area contributed by atoms with Crippen LogP contribution in [0.5, 0.6) is 0 Å². The van der Waals surface area contributed by atoms with Crippen LogP contribution in [-0.4, -0.2) is 22.0 Å². The molecule has 2 aromatic carbocycles. The highest BCUT2D eigenvalue weighted by molar-refractivity contribution is 6.31. The Bertz CT molecular complexity index is 1440. The second kappa shape index (κ2) is 12.5. The van der Waals surface area contributed by atoms with Crippen molar-refractivity contribution in [1.82, 2.24) is 15.3 Å². The number of rotatable bonds is 8. The van der Waals surface area contributed by atoms with Crippen LogP contribution in [0, 0.1) is 17.6 Å². The molecular weight excluding hydrogens is 557 g/mol. The normalized spacial score (nSPS) is 17.6. The molecule has 3 aromatic rings. The summed E-state index contributed by atoms with van der Waals surface area (Å²) in [6, 6.07) is 8.92. The van der Waals surface area contributed by atoms with Crippen LogP contribution in [0.15, 0.2) is 41.2 Å². The molecule has 0 spiro atoms. The van der Waals surface area contributed by atoms with Gasteiger partial charge in [-0.3, -0.25) is 9.59 Å². The first-order valence-corrected chi connectivity index (χ1v) is 13.2. The number of hydrogen-bond acceptors (Lipinski definition) is 4. The number of amides is 1. The molecule has 0 atom stereocenters. The van der Waals surface area contributed by atoms with E-state index in [2.05, 4.69) is 10.3 Å². The Labute approximate surface area is 231 Å². The minimum Gasteiger partial charge on any atom is -0.373 e. The Balaban J connectivity index is 1.44. The number of benzene rings is 2. The van der Waals surface area contributed by atoms with E-state index in [1.165, 1.54) is 6.92 Å². The van der Waals surface area contributed by atoms with E-state index in [9.17, 15) is 27.2 Å². The number of carbonyl (C=O) groups excluding carboxylic acids is 1. The lowest BCUT2D eigenvalue weighted by atomic mass is 9.86. The van der Waals surface area contributed by atoms with E-state index in [0.29, 0.717) is 43.4 Å². The number of ether oxygens (including phenoxy) is 1. The average molecular weight is 584 g/mol. The van der Waals surface area contributed by atoms with Crippen LogP contribution in [0.2, 0.25) is 5.02 Å². The summed E-state index contributed by atoms with van der Waals surface area (Å²) in [6.07, 6.45) is -2.80. The van der Waals surface area contributed by atoms with Crippen molar-refractivity contribution < 1.29 is 31.5 Å². The standard InChI is InChI=1S/C28H27ClF5N3O3/c1-2-21-24(31)27(39)37-25(36-21)22-19(28(32,33)34)12-9-16(23(22)30)13-35-26(38)15-7-10-18(11-8-15)40-14-17-5-3-4-6-20(17)29/h3-6,9,12,15,18H,2,7-8,10-11,13-14H2,1H3,(H,35,38)(H,36,37,39)/t15-,18-. The molecule has 12 heteroatoms. The zero-order valence-corrected chi connectivity index (χ0v) is 22.3. The van der Waals surface area contributed by atoms with Crippen LogP contribution in [0.4, 0.5) is 22.0 Å². The van der Waals surface area contributed by atoms with Gasteiger partial charge in [0.2, 0.25) is 11.7 Å². The van der Waals surface area contributed by atoms with E-state index in [-0.39, 0.29) is 36.5 Å². The third kappa shape index (κ3) is 6.69. The van der Waals surface area contributed by atoms with E-state index >= 15 is 4.39 Å². The first-order valence-electron chi connectivity index (χ1n) is 12.8. The molecular formula is C28H27ClF5N3O3. The molecule has 6 nitrogen and oxygen atoms in total. The van der Waals surface area contributed by atoms with Crippen LogP contribution >= 0.6 is 11.6 Å². The maximum absolute atomic E-state index is 15.5. The highest BCUT2D eigenvalue weighted by Crippen LogP contribution is 2.38. The van der Waals surface area contributed by atoms with Gasteiger partial charge in [-0.05, 0) is 49.8 Å². The van der Waals surface area contributed by atoms with Crippen LogP contribution in [-0.2, 0) is 35.3 Å². The highest BCUT2D eigenvalue weighted by Gasteiger charge is 2.37. The maximum atomic E-state index is 15.5. The summed E-state index contributed by atoms with van der Waals surface area (Å²) < 4.78 is 76.6. The molecule has 214 valence electrons. The van der Waals surface area contributed by atoms with Gasteiger partial charge < -0.3 is 15.0 Å². The van der Waals surface area contributed by atoms with Crippen molar-refractivity contribution in [3.8, 4) is 11.4 Å². The molecule has 1 heterocycles. The number of alkyl halides is 3. The monoisotopic (exact) mass is 583 g/mol. The molecule has 1 aliphatic carbocycles. The smallest absolute Gasteiger partial charge is 0.373 e. The van der Waals surface area contributed by atoms with Crippen LogP contribution in [0.3, 0.4) is 0 Å². The van der Waals surface area contributed by atoms with E-state index in [0.717, 1.165) is 11.6 Å². The van der Waals surface area contributed by atoms with Gasteiger partial charge in [-0.15, -0.1) is 0 Å². The lowest BCUT2D eigenvalue weighted by Crippen LogP contribution is -2.34. The van der Waals surface area contributed by atoms with Crippen molar-refractivity contribution in [2.24, 2.45) is 5.92 Å². The molecule has 0 bridgehead atoms. The summed E-state index contributed by atoms with van der Waals surface area (Å²) in [5.74, 6) is -4.01. The minimum atomic E-state index is -4.98. The topological polar surface area (TPSA) is 84.1 Å². The summed E-state index contributed by atoms with van der Waals surface area (Å²) in [5.41, 5.74) is -3.46. The molecule has 0 radical (unpaired) electrons. The second-order valence-corrected chi connectivity index (χ2v) is 9.99. The molecule has 1 fully saturated rings. The number of aromatic nitrogens is 2. The Morgan fingerprint density at radius 3 is 2.42 bits per heavy atom. The van der Waals surface area contributed by atoms with Crippen LogP contribution in [0.25, 0.3) is 11.4 Å². The van der Waals surface area contributed by atoms with Gasteiger partial charge in [0.15, 0.2) is 0 Å². The zero-order chi connectivity index (χ0) is 29.0. The van der Waals surface area contributed by atoms with Crippen molar-refractivity contribution in [3.05, 3.63) is 85.8 Å². The number of carbonyl (C=O) groups is 1. The number of halogens is 6. The number of aryl methyl sites for hydroxylation is 1. The molecule has 0 unspecified atom stereocenters. The SMILES string of the molecule is CCc1nc(-c2c(C(F)(F)F)ccc(CNC(=O)[C@H]3CC[C@H](OCc4ccccc4Cl)CC3)c2F)[nH]c(=O)c1F. The third-order valence-corrected chi connectivity index (χ3v) is 7.33. The molecule has 1 saturated carbocycles. The Morgan fingerprint density at radius 2 is 1.77 bits per heavy atom. The van der Waals surface area contributed by atoms with Crippen LogP contribution < -0.4 is 10.9 Å². The molecule has 1 amide bonds. The van der Waals surface area contributed by atoms with Crippen LogP contribution in [0.1, 0.15) is 55.0 Å². The molecule has 4 rings (SSSR count). The fraction of sp³-hybridized carbons (Fsp3) is 0.393. The van der Waals surface area contributed by atoms with Crippen molar-refractivity contribution in [2.75, 3.05) is 0 Å². The van der Waals surface area contributed by atoms with E-state index in [1.807, 2.05) is 23.2 Å². The Morgan fingerprint density at radius 1 is 1.07 bits per heavy atom. The highest BCUT2D eigenvalue weighted by atomic mass is 35.5. The summed E-state index contributed by atoms with van der Waals surface area (Å²) in [6.45, 7) is 1.43. The zero-order valence-electron chi connectivity index (χ0n) is 21.5. The number of hydrogen-bond donors (Lipinski definition) is 2. The molecule has 2 N–H and O–H groups in total. The van der Waals surface area contributed by atoms with Gasteiger partial charge in [0.05, 0.1) is 29.5 Å². The van der Waals surface area contributed by atoms with Gasteiger partial charge in [-0.25, -0.2) is 9.37 Å². The van der Waals surface area contributed by atoms with Crippen molar-refractivity contribution in [2.45, 2.75) is 64.5 Å². The predicted octanol–water partition coefficient (Wildman–Crippen LogP) is 6.34. The van der Waals surface area contributed by atoms with Gasteiger partial charge in [0.25, 0.3) is 5.56 Å². The minimum absolute atomic E-state index is 0.0476. The predicted molar refractivity (Wildman–Crippen MR) is 138 cm³/mol. The van der Waals surface area contributed by atoms with E-state index < -0.39 is 46.0 Å². The lowest BCUT2D eigenvalue weighted by molar-refractivity contribution is -0.137. The van der Waals surface area contributed by atoms with Gasteiger partial charge in [-0.1, -0.05) is 42.8 Å². The average Bonchev–Trinajstić information content (AvgIpc) is 2.92. The summed E-state index contributed by atoms with van der Waals surface area (Å²) in [5, 5.41) is 3.21. The fourth-order valence-corrected chi connectivity index (χ4v) is 4.91. The quantitative estimate of drug-likeness (QED) is 0.303. The number of aromatic amines is 1. The molecule has 1 aliphatic rings. The Kier molecular flexibility index (Phi) is 9.25. The second-order valence-electron chi connectivity index (χ2n) is 9.58. The largest absolute Gasteiger partial charge is 0.417 e. The molecule has 1 aromatic heterocycles.